The fourth-order valence-corrected chi connectivity index (χ4v) is 4.35. The molecule has 0 aliphatic heterocycles. The zero-order chi connectivity index (χ0) is 21.1. The molecule has 1 unspecified atom stereocenters. The summed E-state index contributed by atoms with van der Waals surface area (Å²) in [5.74, 6) is 0.203. The third kappa shape index (κ3) is 7.51. The molecule has 0 aliphatic carbocycles. The van der Waals surface area contributed by atoms with Crippen LogP contribution >= 0.6 is 23.3 Å². The van der Waals surface area contributed by atoms with Gasteiger partial charge in [0, 0.05) is 30.6 Å². The molecule has 1 atom stereocenters. The van der Waals surface area contributed by atoms with E-state index in [4.69, 9.17) is 0 Å². The van der Waals surface area contributed by atoms with Crippen LogP contribution in [-0.2, 0) is 6.54 Å². The van der Waals surface area contributed by atoms with Gasteiger partial charge in [0.15, 0.2) is 0 Å². The van der Waals surface area contributed by atoms with E-state index in [2.05, 4.69) is 46.9 Å². The predicted molar refractivity (Wildman–Crippen MR) is 120 cm³/mol. The van der Waals surface area contributed by atoms with Crippen LogP contribution in [0, 0.1) is 5.92 Å². The number of rotatable bonds is 12. The zero-order valence-corrected chi connectivity index (χ0v) is 19.0. The molecule has 1 aromatic heterocycles. The number of nitrogens with zero attached hydrogens (tertiary/aromatic N) is 3. The van der Waals surface area contributed by atoms with Crippen molar-refractivity contribution >= 4 is 29.0 Å². The highest BCUT2D eigenvalue weighted by atomic mass is 32.2. The molecular formula is C21H31F2N3S2. The van der Waals surface area contributed by atoms with Gasteiger partial charge in [0.05, 0.1) is 17.1 Å². The van der Waals surface area contributed by atoms with E-state index >= 15 is 0 Å². The van der Waals surface area contributed by atoms with Crippen LogP contribution in [0.5, 0.6) is 0 Å². The number of hydrogen-bond donors (Lipinski definition) is 0. The standard InChI is InChI=1S/C21H31F2N3S2/c1-7-16(8-2)12-17(9-3)26(27-10-4)14-20-25-13-19(28-20)18(24-6)11-15(5)21(22)23/h7,9,12-13,15,21H,3,8,10-11,14H2,1-2,4-6H3/b16-7-,17-12+,24-18?. The van der Waals surface area contributed by atoms with E-state index in [-0.39, 0.29) is 6.42 Å². The van der Waals surface area contributed by atoms with Crippen LogP contribution in [0.1, 0.15) is 50.4 Å². The topological polar surface area (TPSA) is 28.5 Å². The van der Waals surface area contributed by atoms with Gasteiger partial charge in [-0.3, -0.25) is 4.99 Å². The summed E-state index contributed by atoms with van der Waals surface area (Å²) >= 11 is 3.22. The minimum absolute atomic E-state index is 0.252. The first-order valence-corrected chi connectivity index (χ1v) is 11.2. The van der Waals surface area contributed by atoms with Crippen molar-refractivity contribution in [2.45, 2.75) is 53.5 Å². The Labute approximate surface area is 176 Å². The monoisotopic (exact) mass is 427 g/mol. The number of halogens is 2. The van der Waals surface area contributed by atoms with E-state index in [1.807, 2.05) is 13.0 Å². The van der Waals surface area contributed by atoms with Gasteiger partial charge in [-0.15, -0.1) is 11.3 Å². The molecule has 1 aromatic rings. The molecular weight excluding hydrogens is 396 g/mol. The van der Waals surface area contributed by atoms with Crippen molar-refractivity contribution in [3.63, 3.8) is 0 Å². The van der Waals surface area contributed by atoms with Crippen LogP contribution in [0.15, 0.2) is 47.3 Å². The zero-order valence-electron chi connectivity index (χ0n) is 17.4. The van der Waals surface area contributed by atoms with Crippen molar-refractivity contribution in [1.29, 1.82) is 0 Å². The Bertz CT molecular complexity index is 708. The first-order chi connectivity index (χ1) is 13.4. The maximum absolute atomic E-state index is 12.9. The molecule has 0 radical (unpaired) electrons. The Morgan fingerprint density at radius 1 is 1.43 bits per heavy atom. The maximum atomic E-state index is 12.9. The molecule has 0 amide bonds. The third-order valence-corrected chi connectivity index (χ3v) is 6.17. The van der Waals surface area contributed by atoms with Gasteiger partial charge in [-0.1, -0.05) is 39.0 Å². The van der Waals surface area contributed by atoms with Crippen molar-refractivity contribution in [1.82, 2.24) is 9.29 Å². The van der Waals surface area contributed by atoms with Crippen LogP contribution < -0.4 is 0 Å². The molecule has 0 aliphatic rings. The van der Waals surface area contributed by atoms with Crippen molar-refractivity contribution < 1.29 is 8.78 Å². The molecule has 0 fully saturated rings. The molecule has 0 spiro atoms. The van der Waals surface area contributed by atoms with E-state index < -0.39 is 12.3 Å². The fraction of sp³-hybridized carbons (Fsp3) is 0.524. The molecule has 1 rings (SSSR count). The Kier molecular flexibility index (Phi) is 11.3. The first kappa shape index (κ1) is 24.6. The molecule has 1 heterocycles. The highest BCUT2D eigenvalue weighted by molar-refractivity contribution is 7.97. The Balaban J connectivity index is 3.02. The summed E-state index contributed by atoms with van der Waals surface area (Å²) < 4.78 is 28.0. The Hall–Kier alpha value is -1.47. The molecule has 0 bridgehead atoms. The van der Waals surface area contributed by atoms with E-state index in [0.29, 0.717) is 12.3 Å². The van der Waals surface area contributed by atoms with Crippen LogP contribution in [0.2, 0.25) is 0 Å². The van der Waals surface area contributed by atoms with Gasteiger partial charge in [0.2, 0.25) is 6.43 Å². The number of allylic oxidation sites excluding steroid dienone is 4. The van der Waals surface area contributed by atoms with E-state index in [9.17, 15) is 8.78 Å². The van der Waals surface area contributed by atoms with Gasteiger partial charge < -0.3 is 4.31 Å². The maximum Gasteiger partial charge on any atom is 0.241 e. The first-order valence-electron chi connectivity index (χ1n) is 9.48. The van der Waals surface area contributed by atoms with Crippen LogP contribution in [0.4, 0.5) is 8.78 Å². The van der Waals surface area contributed by atoms with Gasteiger partial charge in [0.25, 0.3) is 0 Å². The second-order valence-corrected chi connectivity index (χ2v) is 8.64. The third-order valence-electron chi connectivity index (χ3n) is 4.23. The van der Waals surface area contributed by atoms with Crippen LogP contribution in [-0.4, -0.2) is 34.2 Å². The minimum Gasteiger partial charge on any atom is -0.309 e. The fourth-order valence-electron chi connectivity index (χ4n) is 2.52. The van der Waals surface area contributed by atoms with Gasteiger partial charge in [-0.25, -0.2) is 13.8 Å². The molecule has 0 aromatic carbocycles. The van der Waals surface area contributed by atoms with Crippen molar-refractivity contribution in [3.8, 4) is 0 Å². The quantitative estimate of drug-likeness (QED) is 0.210. The van der Waals surface area contributed by atoms with Crippen molar-refractivity contribution in [2.75, 3.05) is 12.8 Å². The Morgan fingerprint density at radius 2 is 2.14 bits per heavy atom. The summed E-state index contributed by atoms with van der Waals surface area (Å²) in [6.45, 7) is 12.4. The van der Waals surface area contributed by atoms with E-state index in [0.717, 1.165) is 27.8 Å². The molecule has 0 saturated heterocycles. The van der Waals surface area contributed by atoms with Gasteiger partial charge >= 0.3 is 0 Å². The molecule has 0 N–H and O–H groups in total. The lowest BCUT2D eigenvalue weighted by Crippen LogP contribution is -2.14. The molecule has 7 heteroatoms. The van der Waals surface area contributed by atoms with Crippen LogP contribution in [0.3, 0.4) is 0 Å². The Morgan fingerprint density at radius 3 is 2.64 bits per heavy atom. The molecule has 0 saturated carbocycles. The van der Waals surface area contributed by atoms with Gasteiger partial charge in [0.1, 0.15) is 5.01 Å². The smallest absolute Gasteiger partial charge is 0.241 e. The average Bonchev–Trinajstić information content (AvgIpc) is 3.15. The van der Waals surface area contributed by atoms with Crippen LogP contribution in [0.25, 0.3) is 0 Å². The lowest BCUT2D eigenvalue weighted by Gasteiger charge is -2.23. The largest absolute Gasteiger partial charge is 0.309 e. The average molecular weight is 428 g/mol. The number of thiazole rings is 1. The van der Waals surface area contributed by atoms with E-state index in [1.165, 1.54) is 16.9 Å². The number of aliphatic imine (C=N–C) groups is 1. The number of alkyl halides is 2. The normalized spacial score (nSPS) is 14.5. The second kappa shape index (κ2) is 12.9. The van der Waals surface area contributed by atoms with E-state index in [1.54, 1.807) is 32.1 Å². The summed E-state index contributed by atoms with van der Waals surface area (Å²) in [4.78, 5) is 9.60. The lowest BCUT2D eigenvalue weighted by molar-refractivity contribution is 0.0900. The number of hydrogen-bond acceptors (Lipinski definition) is 5. The summed E-state index contributed by atoms with van der Waals surface area (Å²) in [5, 5.41) is 0.924. The van der Waals surface area contributed by atoms with Gasteiger partial charge in [-0.2, -0.15) is 0 Å². The minimum atomic E-state index is -2.35. The highest BCUT2D eigenvalue weighted by Gasteiger charge is 2.20. The summed E-state index contributed by atoms with van der Waals surface area (Å²) in [5.41, 5.74) is 2.97. The van der Waals surface area contributed by atoms with Crippen molar-refractivity contribution in [2.24, 2.45) is 10.9 Å². The highest BCUT2D eigenvalue weighted by Crippen LogP contribution is 2.27. The number of aromatic nitrogens is 1. The van der Waals surface area contributed by atoms with Crippen molar-refractivity contribution in [3.05, 3.63) is 52.2 Å². The molecule has 3 nitrogen and oxygen atoms in total. The predicted octanol–water partition coefficient (Wildman–Crippen LogP) is 6.75. The summed E-state index contributed by atoms with van der Waals surface area (Å²) in [6, 6.07) is 0. The molecule has 156 valence electrons. The summed E-state index contributed by atoms with van der Waals surface area (Å²) in [6.07, 6.45) is 6.72. The summed E-state index contributed by atoms with van der Waals surface area (Å²) in [7, 11) is 1.65. The molecule has 28 heavy (non-hydrogen) atoms. The SMILES string of the molecule is C=C/C(=C\C(=C/C)CC)N(Cc1ncc(C(CC(C)C(F)F)=NC)s1)SCC. The van der Waals surface area contributed by atoms with Gasteiger partial charge in [-0.05, 0) is 43.9 Å². The lowest BCUT2D eigenvalue weighted by atomic mass is 10.0. The second-order valence-electron chi connectivity index (χ2n) is 6.25.